The van der Waals surface area contributed by atoms with Gasteiger partial charge in [-0.2, -0.15) is 0 Å². The van der Waals surface area contributed by atoms with E-state index in [1.165, 1.54) is 24.3 Å². The lowest BCUT2D eigenvalue weighted by Crippen LogP contribution is -2.55. The smallest absolute Gasteiger partial charge is 0.269 e. The summed E-state index contributed by atoms with van der Waals surface area (Å²) >= 11 is 0. The summed E-state index contributed by atoms with van der Waals surface area (Å²) in [4.78, 5) is 9.97. The number of nitro benzene ring substituents is 1. The summed E-state index contributed by atoms with van der Waals surface area (Å²) < 4.78 is 5.15. The van der Waals surface area contributed by atoms with Crippen molar-refractivity contribution in [2.24, 2.45) is 0 Å². The van der Waals surface area contributed by atoms with Crippen molar-refractivity contribution in [2.75, 3.05) is 11.9 Å². The summed E-state index contributed by atoms with van der Waals surface area (Å²) in [5.74, 6) is 0. The summed E-state index contributed by atoms with van der Waals surface area (Å²) in [6, 6.07) is 5.54. The Hall–Kier alpha value is -1.74. The Morgan fingerprint density at radius 2 is 1.84 bits per heavy atom. The SMILES string of the molecule is O=[N+]([O-])c1ccc(N[C@H]2OC[C@H](O)[C@H](O)[C@H]2O)cc1. The number of aliphatic hydroxyl groups is 3. The quantitative estimate of drug-likeness (QED) is 0.428. The van der Waals surface area contributed by atoms with Crippen LogP contribution in [0.3, 0.4) is 0 Å². The lowest BCUT2D eigenvalue weighted by molar-refractivity contribution is -0.384. The summed E-state index contributed by atoms with van der Waals surface area (Å²) in [6.07, 6.45) is -4.62. The molecule has 1 aromatic carbocycles. The molecule has 19 heavy (non-hydrogen) atoms. The lowest BCUT2D eigenvalue weighted by atomic mass is 10.0. The maximum absolute atomic E-state index is 10.5. The van der Waals surface area contributed by atoms with Crippen LogP contribution in [-0.2, 0) is 4.74 Å². The van der Waals surface area contributed by atoms with Crippen molar-refractivity contribution < 1.29 is 25.0 Å². The van der Waals surface area contributed by atoms with Gasteiger partial charge in [-0.1, -0.05) is 0 Å². The largest absolute Gasteiger partial charge is 0.388 e. The minimum absolute atomic E-state index is 0.0499. The van der Waals surface area contributed by atoms with Crippen molar-refractivity contribution in [3.63, 3.8) is 0 Å². The fraction of sp³-hybridized carbons (Fsp3) is 0.455. The number of aliphatic hydroxyl groups excluding tert-OH is 3. The Labute approximate surface area is 108 Å². The van der Waals surface area contributed by atoms with Crippen LogP contribution in [0, 0.1) is 10.1 Å². The van der Waals surface area contributed by atoms with Crippen LogP contribution in [0.4, 0.5) is 11.4 Å². The molecule has 8 nitrogen and oxygen atoms in total. The number of hydrogen-bond donors (Lipinski definition) is 4. The van der Waals surface area contributed by atoms with E-state index in [0.29, 0.717) is 5.69 Å². The standard InChI is InChI=1S/C11H14N2O6/c14-8-5-19-11(10(16)9(8)15)12-6-1-3-7(4-2-6)13(17)18/h1-4,8-12,14-16H,5H2/t8-,9-,10+,11-/m0/s1. The lowest BCUT2D eigenvalue weighted by Gasteiger charge is -2.35. The van der Waals surface area contributed by atoms with Crippen molar-refractivity contribution >= 4 is 11.4 Å². The summed E-state index contributed by atoms with van der Waals surface area (Å²) in [7, 11) is 0. The zero-order chi connectivity index (χ0) is 14.0. The first kappa shape index (κ1) is 13.7. The fourth-order valence-corrected chi connectivity index (χ4v) is 1.78. The van der Waals surface area contributed by atoms with E-state index in [9.17, 15) is 25.4 Å². The first-order valence-electron chi connectivity index (χ1n) is 5.66. The van der Waals surface area contributed by atoms with Gasteiger partial charge in [-0.05, 0) is 12.1 Å². The number of nitrogens with one attached hydrogen (secondary N) is 1. The number of nitrogens with zero attached hydrogens (tertiary/aromatic N) is 1. The molecule has 1 aliphatic heterocycles. The van der Waals surface area contributed by atoms with Crippen LogP contribution in [0.25, 0.3) is 0 Å². The molecule has 0 aliphatic carbocycles. The molecular formula is C11H14N2O6. The van der Waals surface area contributed by atoms with Gasteiger partial charge in [0.1, 0.15) is 18.3 Å². The number of rotatable bonds is 3. The molecule has 1 aromatic rings. The molecule has 1 heterocycles. The number of ether oxygens (including phenoxy) is 1. The third-order valence-corrected chi connectivity index (χ3v) is 2.89. The minimum Gasteiger partial charge on any atom is -0.388 e. The monoisotopic (exact) mass is 270 g/mol. The second kappa shape index (κ2) is 5.49. The molecule has 0 aromatic heterocycles. The van der Waals surface area contributed by atoms with Gasteiger partial charge in [0.2, 0.25) is 0 Å². The first-order chi connectivity index (χ1) is 8.99. The van der Waals surface area contributed by atoms with Gasteiger partial charge in [-0.25, -0.2) is 0 Å². The third-order valence-electron chi connectivity index (χ3n) is 2.89. The molecule has 4 N–H and O–H groups in total. The predicted molar refractivity (Wildman–Crippen MR) is 64.5 cm³/mol. The van der Waals surface area contributed by atoms with E-state index in [1.807, 2.05) is 0 Å². The Morgan fingerprint density at radius 1 is 1.21 bits per heavy atom. The van der Waals surface area contributed by atoms with Gasteiger partial charge in [0.05, 0.1) is 11.5 Å². The molecule has 0 bridgehead atoms. The van der Waals surface area contributed by atoms with Gasteiger partial charge in [-0.3, -0.25) is 10.1 Å². The highest BCUT2D eigenvalue weighted by molar-refractivity contribution is 5.49. The van der Waals surface area contributed by atoms with Gasteiger partial charge < -0.3 is 25.4 Å². The van der Waals surface area contributed by atoms with Crippen LogP contribution < -0.4 is 5.32 Å². The van der Waals surface area contributed by atoms with Crippen LogP contribution in [-0.4, -0.2) is 51.4 Å². The van der Waals surface area contributed by atoms with Gasteiger partial charge in [0, 0.05) is 17.8 Å². The van der Waals surface area contributed by atoms with Crippen LogP contribution in [0.5, 0.6) is 0 Å². The molecule has 104 valence electrons. The summed E-state index contributed by atoms with van der Waals surface area (Å²) in [5.41, 5.74) is 0.448. The van der Waals surface area contributed by atoms with Gasteiger partial charge in [0.25, 0.3) is 5.69 Å². The molecule has 2 rings (SSSR count). The van der Waals surface area contributed by atoms with E-state index in [2.05, 4.69) is 5.32 Å². The topological polar surface area (TPSA) is 125 Å². The van der Waals surface area contributed by atoms with Crippen molar-refractivity contribution in [1.82, 2.24) is 0 Å². The number of benzene rings is 1. The molecular weight excluding hydrogens is 256 g/mol. The van der Waals surface area contributed by atoms with E-state index in [0.717, 1.165) is 0 Å². The molecule has 0 radical (unpaired) electrons. The van der Waals surface area contributed by atoms with Gasteiger partial charge in [0.15, 0.2) is 6.23 Å². The second-order valence-electron chi connectivity index (χ2n) is 4.25. The first-order valence-corrected chi connectivity index (χ1v) is 5.66. The molecule has 0 amide bonds. The van der Waals surface area contributed by atoms with Crippen LogP contribution in [0.2, 0.25) is 0 Å². The van der Waals surface area contributed by atoms with Crippen molar-refractivity contribution in [3.05, 3.63) is 34.4 Å². The molecule has 0 saturated carbocycles. The Morgan fingerprint density at radius 3 is 2.42 bits per heavy atom. The average molecular weight is 270 g/mol. The zero-order valence-corrected chi connectivity index (χ0v) is 9.84. The van der Waals surface area contributed by atoms with Gasteiger partial charge >= 0.3 is 0 Å². The van der Waals surface area contributed by atoms with Crippen molar-refractivity contribution in [1.29, 1.82) is 0 Å². The average Bonchev–Trinajstić information content (AvgIpc) is 2.40. The van der Waals surface area contributed by atoms with Crippen molar-refractivity contribution in [3.8, 4) is 0 Å². The zero-order valence-electron chi connectivity index (χ0n) is 9.84. The maximum Gasteiger partial charge on any atom is 0.269 e. The van der Waals surface area contributed by atoms with Crippen LogP contribution in [0.15, 0.2) is 24.3 Å². The second-order valence-corrected chi connectivity index (χ2v) is 4.25. The molecule has 8 heteroatoms. The molecule has 0 spiro atoms. The Bertz CT molecular complexity index is 451. The van der Waals surface area contributed by atoms with Crippen LogP contribution >= 0.6 is 0 Å². The van der Waals surface area contributed by atoms with Crippen LogP contribution in [0.1, 0.15) is 0 Å². The van der Waals surface area contributed by atoms with E-state index >= 15 is 0 Å². The summed E-state index contributed by atoms with van der Waals surface area (Å²) in [6.45, 7) is -0.108. The van der Waals surface area contributed by atoms with E-state index in [-0.39, 0.29) is 12.3 Å². The van der Waals surface area contributed by atoms with E-state index in [4.69, 9.17) is 4.74 Å². The highest BCUT2D eigenvalue weighted by Gasteiger charge is 2.37. The maximum atomic E-state index is 10.5. The molecule has 0 unspecified atom stereocenters. The number of anilines is 1. The highest BCUT2D eigenvalue weighted by Crippen LogP contribution is 2.20. The third kappa shape index (κ3) is 2.99. The van der Waals surface area contributed by atoms with Crippen molar-refractivity contribution in [2.45, 2.75) is 24.5 Å². The van der Waals surface area contributed by atoms with Gasteiger partial charge in [-0.15, -0.1) is 0 Å². The highest BCUT2D eigenvalue weighted by atomic mass is 16.6. The number of nitro groups is 1. The number of non-ortho nitro benzene ring substituents is 1. The predicted octanol–water partition coefficient (Wildman–Crippen LogP) is -0.554. The Balaban J connectivity index is 2.03. The van der Waals surface area contributed by atoms with E-state index < -0.39 is 29.5 Å². The molecule has 4 atom stereocenters. The fourth-order valence-electron chi connectivity index (χ4n) is 1.78. The summed E-state index contributed by atoms with van der Waals surface area (Å²) in [5, 5.41) is 41.8. The van der Waals surface area contributed by atoms with E-state index in [1.54, 1.807) is 0 Å². The normalized spacial score (nSPS) is 30.9. The molecule has 1 fully saturated rings. The Kier molecular flexibility index (Phi) is 3.96. The molecule has 1 aliphatic rings. The number of hydrogen-bond acceptors (Lipinski definition) is 7. The molecule has 1 saturated heterocycles. The minimum atomic E-state index is -1.30.